The zero-order chi connectivity index (χ0) is 11.1. The molecule has 1 rings (SSSR count). The second-order valence-electron chi connectivity index (χ2n) is 3.31. The van der Waals surface area contributed by atoms with E-state index in [0.29, 0.717) is 13.1 Å². The van der Waals surface area contributed by atoms with Crippen LogP contribution in [0.3, 0.4) is 0 Å². The molecule has 0 aliphatic rings. The summed E-state index contributed by atoms with van der Waals surface area (Å²) in [6, 6.07) is 9.22. The van der Waals surface area contributed by atoms with Gasteiger partial charge in [-0.2, -0.15) is 0 Å². The fourth-order valence-corrected chi connectivity index (χ4v) is 1.41. The molecule has 84 valence electrons. The first kappa shape index (κ1) is 11.9. The summed E-state index contributed by atoms with van der Waals surface area (Å²) in [7, 11) is 0. The van der Waals surface area contributed by atoms with E-state index in [9.17, 15) is 8.78 Å². The maximum Gasteiger partial charge on any atom is 0.255 e. The molecule has 0 amide bonds. The molecule has 0 heterocycles. The van der Waals surface area contributed by atoms with Crippen molar-refractivity contribution < 1.29 is 8.78 Å². The quantitative estimate of drug-likeness (QED) is 0.785. The number of hydrogen-bond donors (Lipinski definition) is 1. The lowest BCUT2D eigenvalue weighted by atomic mass is 10.2. The molecule has 0 aromatic heterocycles. The number of anilines is 1. The number of nitrogens with two attached hydrogens (primary N) is 1. The Labute approximate surface area is 88.7 Å². The first-order chi connectivity index (χ1) is 7.24. The molecule has 0 fully saturated rings. The molecule has 0 bridgehead atoms. The van der Waals surface area contributed by atoms with Crippen LogP contribution >= 0.6 is 0 Å². The highest BCUT2D eigenvalue weighted by Crippen LogP contribution is 2.14. The fourth-order valence-electron chi connectivity index (χ4n) is 1.41. The van der Waals surface area contributed by atoms with E-state index < -0.39 is 6.43 Å². The lowest BCUT2D eigenvalue weighted by Crippen LogP contribution is -2.30. The lowest BCUT2D eigenvalue weighted by molar-refractivity contribution is 0.154. The molecule has 4 heteroatoms. The van der Waals surface area contributed by atoms with E-state index in [2.05, 4.69) is 0 Å². The van der Waals surface area contributed by atoms with Gasteiger partial charge in [0.15, 0.2) is 0 Å². The molecule has 0 aliphatic carbocycles. The SMILES string of the molecule is NCCCN(CC(F)F)c1ccccc1. The van der Waals surface area contributed by atoms with Gasteiger partial charge in [-0.25, -0.2) is 8.78 Å². The van der Waals surface area contributed by atoms with Crippen LogP contribution in [-0.2, 0) is 0 Å². The van der Waals surface area contributed by atoms with Crippen molar-refractivity contribution >= 4 is 5.69 Å². The van der Waals surface area contributed by atoms with Gasteiger partial charge in [0.1, 0.15) is 0 Å². The number of para-hydroxylation sites is 1. The summed E-state index contributed by atoms with van der Waals surface area (Å²) in [5.74, 6) is 0. The Balaban J connectivity index is 2.63. The summed E-state index contributed by atoms with van der Waals surface area (Å²) in [6.45, 7) is 0.863. The molecule has 0 radical (unpaired) electrons. The molecule has 0 spiro atoms. The van der Waals surface area contributed by atoms with Crippen LogP contribution in [0.1, 0.15) is 6.42 Å². The normalized spacial score (nSPS) is 10.7. The summed E-state index contributed by atoms with van der Waals surface area (Å²) < 4.78 is 24.6. The highest BCUT2D eigenvalue weighted by Gasteiger charge is 2.11. The van der Waals surface area contributed by atoms with Crippen LogP contribution in [0.2, 0.25) is 0 Å². The fraction of sp³-hybridized carbons (Fsp3) is 0.455. The van der Waals surface area contributed by atoms with Crippen molar-refractivity contribution in [2.24, 2.45) is 5.73 Å². The Morgan fingerprint density at radius 2 is 1.87 bits per heavy atom. The standard InChI is InChI=1S/C11H16F2N2/c12-11(13)9-15(8-4-7-14)10-5-2-1-3-6-10/h1-3,5-6,11H,4,7-9,14H2. The van der Waals surface area contributed by atoms with Gasteiger partial charge in [-0.15, -0.1) is 0 Å². The van der Waals surface area contributed by atoms with Gasteiger partial charge in [0.2, 0.25) is 0 Å². The van der Waals surface area contributed by atoms with Crippen LogP contribution < -0.4 is 10.6 Å². The minimum absolute atomic E-state index is 0.232. The van der Waals surface area contributed by atoms with Gasteiger partial charge in [0.25, 0.3) is 6.43 Å². The molecule has 0 saturated heterocycles. The zero-order valence-corrected chi connectivity index (χ0v) is 8.57. The van der Waals surface area contributed by atoms with Crippen molar-refractivity contribution in [3.05, 3.63) is 30.3 Å². The maximum absolute atomic E-state index is 12.3. The summed E-state index contributed by atoms with van der Waals surface area (Å²) in [4.78, 5) is 1.66. The minimum atomic E-state index is -2.32. The molecule has 1 aromatic rings. The van der Waals surface area contributed by atoms with E-state index in [1.54, 1.807) is 4.90 Å². The molecule has 15 heavy (non-hydrogen) atoms. The minimum Gasteiger partial charge on any atom is -0.366 e. The van der Waals surface area contributed by atoms with Crippen molar-refractivity contribution in [3.63, 3.8) is 0 Å². The average molecular weight is 214 g/mol. The third-order valence-corrected chi connectivity index (χ3v) is 2.11. The smallest absolute Gasteiger partial charge is 0.255 e. The number of nitrogens with zero attached hydrogens (tertiary/aromatic N) is 1. The molecule has 0 atom stereocenters. The van der Waals surface area contributed by atoms with Gasteiger partial charge in [0, 0.05) is 12.2 Å². The largest absolute Gasteiger partial charge is 0.366 e. The van der Waals surface area contributed by atoms with Crippen molar-refractivity contribution in [2.75, 3.05) is 24.5 Å². The lowest BCUT2D eigenvalue weighted by Gasteiger charge is -2.24. The highest BCUT2D eigenvalue weighted by atomic mass is 19.3. The van der Waals surface area contributed by atoms with Crippen molar-refractivity contribution in [2.45, 2.75) is 12.8 Å². The Bertz CT molecular complexity index is 265. The first-order valence-electron chi connectivity index (χ1n) is 5.02. The second-order valence-corrected chi connectivity index (χ2v) is 3.31. The predicted octanol–water partition coefficient (Wildman–Crippen LogP) is 2.11. The third kappa shape index (κ3) is 4.25. The van der Waals surface area contributed by atoms with Crippen LogP contribution in [0, 0.1) is 0 Å². The van der Waals surface area contributed by atoms with Crippen LogP contribution in [0.15, 0.2) is 30.3 Å². The zero-order valence-electron chi connectivity index (χ0n) is 8.57. The Kier molecular flexibility index (Phi) is 5.04. The average Bonchev–Trinajstić information content (AvgIpc) is 2.25. The number of alkyl halides is 2. The molecular weight excluding hydrogens is 198 g/mol. The van der Waals surface area contributed by atoms with E-state index in [4.69, 9.17) is 5.73 Å². The molecule has 2 nitrogen and oxygen atoms in total. The van der Waals surface area contributed by atoms with Gasteiger partial charge in [-0.3, -0.25) is 0 Å². The van der Waals surface area contributed by atoms with Crippen molar-refractivity contribution in [3.8, 4) is 0 Å². The van der Waals surface area contributed by atoms with Gasteiger partial charge in [-0.1, -0.05) is 18.2 Å². The molecule has 0 saturated carbocycles. The Hall–Kier alpha value is -1.16. The molecule has 2 N–H and O–H groups in total. The second kappa shape index (κ2) is 6.35. The molecule has 1 aromatic carbocycles. The first-order valence-corrected chi connectivity index (χ1v) is 5.02. The van der Waals surface area contributed by atoms with E-state index in [-0.39, 0.29) is 6.54 Å². The molecule has 0 unspecified atom stereocenters. The van der Waals surface area contributed by atoms with Crippen molar-refractivity contribution in [1.82, 2.24) is 0 Å². The van der Waals surface area contributed by atoms with Crippen LogP contribution in [0.4, 0.5) is 14.5 Å². The topological polar surface area (TPSA) is 29.3 Å². The van der Waals surface area contributed by atoms with E-state index in [0.717, 1.165) is 12.1 Å². The summed E-state index contributed by atoms with van der Waals surface area (Å²) >= 11 is 0. The molecular formula is C11H16F2N2. The number of halogens is 2. The highest BCUT2D eigenvalue weighted by molar-refractivity contribution is 5.45. The predicted molar refractivity (Wildman–Crippen MR) is 58.3 cm³/mol. The van der Waals surface area contributed by atoms with Crippen LogP contribution in [0.5, 0.6) is 0 Å². The summed E-state index contributed by atoms with van der Waals surface area (Å²) in [6.07, 6.45) is -1.59. The Morgan fingerprint density at radius 1 is 1.20 bits per heavy atom. The van der Waals surface area contributed by atoms with E-state index >= 15 is 0 Å². The summed E-state index contributed by atoms with van der Waals surface area (Å²) in [5, 5.41) is 0. The summed E-state index contributed by atoms with van der Waals surface area (Å²) in [5.41, 5.74) is 6.20. The van der Waals surface area contributed by atoms with E-state index in [1.807, 2.05) is 30.3 Å². The number of rotatable bonds is 6. The van der Waals surface area contributed by atoms with Gasteiger partial charge in [0.05, 0.1) is 6.54 Å². The maximum atomic E-state index is 12.3. The van der Waals surface area contributed by atoms with Gasteiger partial charge in [-0.05, 0) is 25.1 Å². The Morgan fingerprint density at radius 3 is 2.40 bits per heavy atom. The van der Waals surface area contributed by atoms with Gasteiger partial charge >= 0.3 is 0 Å². The van der Waals surface area contributed by atoms with Crippen LogP contribution in [-0.4, -0.2) is 26.1 Å². The van der Waals surface area contributed by atoms with Crippen molar-refractivity contribution in [1.29, 1.82) is 0 Å². The monoisotopic (exact) mass is 214 g/mol. The van der Waals surface area contributed by atoms with Crippen LogP contribution in [0.25, 0.3) is 0 Å². The van der Waals surface area contributed by atoms with Gasteiger partial charge < -0.3 is 10.6 Å². The van der Waals surface area contributed by atoms with E-state index in [1.165, 1.54) is 0 Å². The third-order valence-electron chi connectivity index (χ3n) is 2.11. The molecule has 0 aliphatic heterocycles. The number of benzene rings is 1. The number of hydrogen-bond acceptors (Lipinski definition) is 2.